The maximum absolute atomic E-state index is 12.8. The Bertz CT molecular complexity index is 997. The van der Waals surface area contributed by atoms with Gasteiger partial charge in [-0.15, -0.1) is 0 Å². The molecule has 0 unspecified atom stereocenters. The highest BCUT2D eigenvalue weighted by Gasteiger charge is 2.34. The number of piperidine rings is 1. The van der Waals surface area contributed by atoms with E-state index >= 15 is 0 Å². The number of benzene rings is 1. The number of fused-ring (bicyclic) bond motifs is 1. The zero-order chi connectivity index (χ0) is 20.5. The van der Waals surface area contributed by atoms with Crippen LogP contribution in [0.25, 0.3) is 0 Å². The number of hydrogen-bond donors (Lipinski definition) is 1. The van der Waals surface area contributed by atoms with E-state index in [4.69, 9.17) is 0 Å². The number of nitrogens with one attached hydrogen (secondary N) is 1. The van der Waals surface area contributed by atoms with Crippen molar-refractivity contribution in [2.75, 3.05) is 25.5 Å². The van der Waals surface area contributed by atoms with Gasteiger partial charge in [0, 0.05) is 37.8 Å². The monoisotopic (exact) mass is 392 g/mol. The largest absolute Gasteiger partial charge is 0.339 e. The topological polar surface area (TPSA) is 99.7 Å². The van der Waals surface area contributed by atoms with Crippen LogP contribution in [-0.4, -0.2) is 58.5 Å². The molecule has 1 aromatic carbocycles. The number of carbonyl (C=O) groups excluding carboxylic acids is 4. The van der Waals surface area contributed by atoms with Crippen LogP contribution in [0.5, 0.6) is 0 Å². The molecule has 1 aromatic heterocycles. The highest BCUT2D eigenvalue weighted by atomic mass is 16.2. The third-order valence-electron chi connectivity index (χ3n) is 5.41. The molecule has 1 fully saturated rings. The van der Waals surface area contributed by atoms with E-state index in [1.165, 1.54) is 19.2 Å². The zero-order valence-electron chi connectivity index (χ0n) is 15.9. The maximum atomic E-state index is 12.8. The van der Waals surface area contributed by atoms with Crippen molar-refractivity contribution in [2.45, 2.75) is 12.8 Å². The Hall–Kier alpha value is -3.55. The lowest BCUT2D eigenvalue weighted by Crippen LogP contribution is -2.41. The second kappa shape index (κ2) is 7.46. The number of hydrogen-bond acceptors (Lipinski definition) is 5. The molecule has 0 bridgehead atoms. The van der Waals surface area contributed by atoms with Crippen molar-refractivity contribution in [1.29, 1.82) is 0 Å². The molecule has 1 N–H and O–H groups in total. The van der Waals surface area contributed by atoms with E-state index in [9.17, 15) is 19.2 Å². The SMILES string of the molecule is CN1C(=O)c2ccc(C(=O)N3CCC(C(=O)Nc4ccccn4)CC3)cc2C1=O. The lowest BCUT2D eigenvalue weighted by atomic mass is 9.95. The highest BCUT2D eigenvalue weighted by molar-refractivity contribution is 6.21. The van der Waals surface area contributed by atoms with Crippen molar-refractivity contribution < 1.29 is 19.2 Å². The molecule has 8 nitrogen and oxygen atoms in total. The van der Waals surface area contributed by atoms with Gasteiger partial charge in [-0.3, -0.25) is 24.1 Å². The van der Waals surface area contributed by atoms with Crippen molar-refractivity contribution >= 4 is 29.4 Å². The summed E-state index contributed by atoms with van der Waals surface area (Å²) in [5.41, 5.74) is 0.948. The van der Waals surface area contributed by atoms with Gasteiger partial charge in [-0.2, -0.15) is 0 Å². The van der Waals surface area contributed by atoms with Crippen LogP contribution in [0.15, 0.2) is 42.6 Å². The summed E-state index contributed by atoms with van der Waals surface area (Å²) in [6.45, 7) is 0.895. The first-order valence-corrected chi connectivity index (χ1v) is 9.43. The average molecular weight is 392 g/mol. The number of pyridine rings is 1. The minimum atomic E-state index is -0.399. The first-order chi connectivity index (χ1) is 14.0. The quantitative estimate of drug-likeness (QED) is 0.803. The van der Waals surface area contributed by atoms with Gasteiger partial charge in [-0.05, 0) is 43.2 Å². The summed E-state index contributed by atoms with van der Waals surface area (Å²) in [5, 5.41) is 2.80. The van der Waals surface area contributed by atoms with E-state index in [2.05, 4.69) is 10.3 Å². The Morgan fingerprint density at radius 3 is 2.45 bits per heavy atom. The van der Waals surface area contributed by atoms with Crippen molar-refractivity contribution in [3.8, 4) is 0 Å². The fraction of sp³-hybridized carbons (Fsp3) is 0.286. The predicted molar refractivity (Wildman–Crippen MR) is 104 cm³/mol. The molecule has 8 heteroatoms. The Morgan fingerprint density at radius 2 is 1.76 bits per heavy atom. The molecule has 4 amide bonds. The summed E-state index contributed by atoms with van der Waals surface area (Å²) in [6.07, 6.45) is 2.72. The fourth-order valence-electron chi connectivity index (χ4n) is 3.69. The smallest absolute Gasteiger partial charge is 0.261 e. The van der Waals surface area contributed by atoms with Gasteiger partial charge in [0.25, 0.3) is 17.7 Å². The number of likely N-dealkylation sites (tertiary alicyclic amines) is 1. The number of anilines is 1. The molecule has 0 saturated carbocycles. The van der Waals surface area contributed by atoms with Gasteiger partial charge in [0.05, 0.1) is 11.1 Å². The summed E-state index contributed by atoms with van der Waals surface area (Å²) < 4.78 is 0. The van der Waals surface area contributed by atoms with Crippen LogP contribution in [-0.2, 0) is 4.79 Å². The molecule has 0 aliphatic carbocycles. The van der Waals surface area contributed by atoms with Gasteiger partial charge in [-0.1, -0.05) is 6.07 Å². The van der Waals surface area contributed by atoms with E-state index in [-0.39, 0.29) is 29.2 Å². The number of carbonyl (C=O) groups is 4. The van der Waals surface area contributed by atoms with Crippen molar-refractivity contribution in [2.24, 2.45) is 5.92 Å². The van der Waals surface area contributed by atoms with E-state index in [1.807, 2.05) is 0 Å². The van der Waals surface area contributed by atoms with Gasteiger partial charge in [0.2, 0.25) is 5.91 Å². The number of nitrogens with zero attached hydrogens (tertiary/aromatic N) is 3. The summed E-state index contributed by atoms with van der Waals surface area (Å²) in [6, 6.07) is 9.90. The number of amides is 4. The van der Waals surface area contributed by atoms with Crippen LogP contribution >= 0.6 is 0 Å². The molecule has 0 spiro atoms. The maximum Gasteiger partial charge on any atom is 0.261 e. The first kappa shape index (κ1) is 18.8. The van der Waals surface area contributed by atoms with Gasteiger partial charge in [-0.25, -0.2) is 4.98 Å². The Morgan fingerprint density at radius 1 is 1.03 bits per heavy atom. The van der Waals surface area contributed by atoms with Crippen molar-refractivity contribution in [3.05, 3.63) is 59.3 Å². The normalized spacial score (nSPS) is 16.7. The summed E-state index contributed by atoms with van der Waals surface area (Å²) >= 11 is 0. The Kier molecular flexibility index (Phi) is 4.84. The molecular weight excluding hydrogens is 372 g/mol. The van der Waals surface area contributed by atoms with Gasteiger partial charge in [0.1, 0.15) is 5.82 Å². The second-order valence-electron chi connectivity index (χ2n) is 7.20. The van der Waals surface area contributed by atoms with E-state index in [1.54, 1.807) is 35.4 Å². The van der Waals surface area contributed by atoms with Crippen molar-refractivity contribution in [3.63, 3.8) is 0 Å². The Balaban J connectivity index is 1.39. The molecule has 148 valence electrons. The molecule has 1 saturated heterocycles. The van der Waals surface area contributed by atoms with E-state index in [0.717, 1.165) is 4.90 Å². The van der Waals surface area contributed by atoms with Crippen LogP contribution < -0.4 is 5.32 Å². The molecule has 2 aliphatic rings. The summed E-state index contributed by atoms with van der Waals surface area (Å²) in [5.74, 6) is -0.729. The molecule has 29 heavy (non-hydrogen) atoms. The second-order valence-corrected chi connectivity index (χ2v) is 7.20. The van der Waals surface area contributed by atoms with Crippen LogP contribution in [0.3, 0.4) is 0 Å². The van der Waals surface area contributed by atoms with Gasteiger partial charge in [0.15, 0.2) is 0 Å². The zero-order valence-corrected chi connectivity index (χ0v) is 15.9. The molecule has 2 aliphatic heterocycles. The lowest BCUT2D eigenvalue weighted by Gasteiger charge is -2.31. The minimum Gasteiger partial charge on any atom is -0.339 e. The summed E-state index contributed by atoms with van der Waals surface area (Å²) in [7, 11) is 1.42. The standard InChI is InChI=1S/C21H20N4O4/c1-24-20(28)15-6-5-14(12-16(15)21(24)29)19(27)25-10-7-13(8-11-25)18(26)23-17-4-2-3-9-22-17/h2-6,9,12-13H,7-8,10-11H2,1H3,(H,22,23,26). The van der Waals surface area contributed by atoms with Crippen LogP contribution in [0, 0.1) is 5.92 Å². The first-order valence-electron chi connectivity index (χ1n) is 9.43. The van der Waals surface area contributed by atoms with Crippen LogP contribution in [0.1, 0.15) is 43.9 Å². The van der Waals surface area contributed by atoms with Crippen LogP contribution in [0.4, 0.5) is 5.82 Å². The molecular formula is C21H20N4O4. The summed E-state index contributed by atoms with van der Waals surface area (Å²) in [4.78, 5) is 56.2. The number of rotatable bonds is 3. The van der Waals surface area contributed by atoms with Gasteiger partial charge < -0.3 is 10.2 Å². The highest BCUT2D eigenvalue weighted by Crippen LogP contribution is 2.25. The van der Waals surface area contributed by atoms with Crippen LogP contribution in [0.2, 0.25) is 0 Å². The molecule has 0 radical (unpaired) electrons. The number of imide groups is 1. The van der Waals surface area contributed by atoms with E-state index in [0.29, 0.717) is 42.9 Å². The lowest BCUT2D eigenvalue weighted by molar-refractivity contribution is -0.121. The Labute approximate surface area is 167 Å². The third kappa shape index (κ3) is 3.49. The third-order valence-corrected chi connectivity index (χ3v) is 5.41. The average Bonchev–Trinajstić information content (AvgIpc) is 2.97. The molecule has 3 heterocycles. The predicted octanol–water partition coefficient (Wildman–Crippen LogP) is 1.80. The molecule has 0 atom stereocenters. The minimum absolute atomic E-state index is 0.0968. The van der Waals surface area contributed by atoms with E-state index < -0.39 is 5.91 Å². The fourth-order valence-corrected chi connectivity index (χ4v) is 3.69. The van der Waals surface area contributed by atoms with Crippen molar-refractivity contribution in [1.82, 2.24) is 14.8 Å². The molecule has 2 aromatic rings. The molecule has 4 rings (SSSR count). The van der Waals surface area contributed by atoms with Gasteiger partial charge >= 0.3 is 0 Å². The number of aromatic nitrogens is 1.